The standard InChI is InChI=1S/C14H26N2O2/c1-15-9-12-5-4-8-16(12)10-13-11-17-14(18-13)6-2-3-7-14/h12-13,15H,2-11H2,1H3. The molecule has 4 heteroatoms. The molecule has 2 unspecified atom stereocenters. The zero-order chi connectivity index (χ0) is 12.4. The maximum absolute atomic E-state index is 6.21. The number of likely N-dealkylation sites (N-methyl/N-ethyl adjacent to an activating group) is 1. The van der Waals surface area contributed by atoms with Crippen LogP contribution in [0.2, 0.25) is 0 Å². The van der Waals surface area contributed by atoms with Crippen LogP contribution in [0.5, 0.6) is 0 Å². The van der Waals surface area contributed by atoms with Crippen molar-refractivity contribution >= 4 is 0 Å². The Morgan fingerprint density at radius 1 is 1.28 bits per heavy atom. The summed E-state index contributed by atoms with van der Waals surface area (Å²) in [6.07, 6.45) is 7.66. The Hall–Kier alpha value is -0.160. The molecule has 2 atom stereocenters. The van der Waals surface area contributed by atoms with E-state index in [1.165, 1.54) is 32.2 Å². The summed E-state index contributed by atoms with van der Waals surface area (Å²) in [6, 6.07) is 0.693. The summed E-state index contributed by atoms with van der Waals surface area (Å²) in [4.78, 5) is 2.58. The highest BCUT2D eigenvalue weighted by molar-refractivity contribution is 4.88. The molecule has 4 nitrogen and oxygen atoms in total. The van der Waals surface area contributed by atoms with Gasteiger partial charge in [-0.25, -0.2) is 0 Å². The van der Waals surface area contributed by atoms with E-state index in [2.05, 4.69) is 10.2 Å². The molecule has 2 saturated heterocycles. The third-order valence-electron chi connectivity index (χ3n) is 4.66. The fourth-order valence-electron chi connectivity index (χ4n) is 3.75. The van der Waals surface area contributed by atoms with Crippen LogP contribution in [0.15, 0.2) is 0 Å². The summed E-state index contributed by atoms with van der Waals surface area (Å²) < 4.78 is 12.2. The number of nitrogens with zero attached hydrogens (tertiary/aromatic N) is 1. The first-order chi connectivity index (χ1) is 8.81. The maximum atomic E-state index is 6.21. The average molecular weight is 254 g/mol. The highest BCUT2D eigenvalue weighted by atomic mass is 16.7. The number of hydrogen-bond donors (Lipinski definition) is 1. The van der Waals surface area contributed by atoms with Crippen molar-refractivity contribution in [3.8, 4) is 0 Å². The van der Waals surface area contributed by atoms with E-state index in [0.29, 0.717) is 12.1 Å². The minimum absolute atomic E-state index is 0.192. The first kappa shape index (κ1) is 12.9. The zero-order valence-corrected chi connectivity index (χ0v) is 11.5. The molecule has 2 aliphatic heterocycles. The van der Waals surface area contributed by atoms with Gasteiger partial charge < -0.3 is 14.8 Å². The monoisotopic (exact) mass is 254 g/mol. The molecule has 0 amide bonds. The summed E-state index contributed by atoms with van der Waals surface area (Å²) in [5.74, 6) is -0.192. The van der Waals surface area contributed by atoms with Crippen LogP contribution in [0.3, 0.4) is 0 Å². The smallest absolute Gasteiger partial charge is 0.168 e. The van der Waals surface area contributed by atoms with Crippen molar-refractivity contribution in [2.45, 2.75) is 56.5 Å². The molecule has 1 N–H and O–H groups in total. The lowest BCUT2D eigenvalue weighted by Crippen LogP contribution is -2.42. The summed E-state index contributed by atoms with van der Waals surface area (Å²) in [5, 5.41) is 3.30. The lowest BCUT2D eigenvalue weighted by Gasteiger charge is -2.27. The van der Waals surface area contributed by atoms with Crippen molar-refractivity contribution < 1.29 is 9.47 Å². The Bertz CT molecular complexity index is 279. The average Bonchev–Trinajstić information content (AvgIpc) is 3.06. The number of nitrogens with one attached hydrogen (secondary N) is 1. The quantitative estimate of drug-likeness (QED) is 0.821. The molecule has 3 aliphatic rings. The Kier molecular flexibility index (Phi) is 3.89. The summed E-state index contributed by atoms with van der Waals surface area (Å²) in [7, 11) is 2.04. The molecule has 1 aliphatic carbocycles. The molecule has 0 aromatic rings. The number of ether oxygens (including phenoxy) is 2. The normalized spacial score (nSPS) is 35.8. The van der Waals surface area contributed by atoms with Gasteiger partial charge in [-0.1, -0.05) is 0 Å². The fraction of sp³-hybridized carbons (Fsp3) is 1.00. The van der Waals surface area contributed by atoms with E-state index in [0.717, 1.165) is 32.5 Å². The van der Waals surface area contributed by atoms with Crippen molar-refractivity contribution in [2.24, 2.45) is 0 Å². The van der Waals surface area contributed by atoms with E-state index in [1.54, 1.807) is 0 Å². The lowest BCUT2D eigenvalue weighted by atomic mass is 10.2. The van der Waals surface area contributed by atoms with Gasteiger partial charge >= 0.3 is 0 Å². The van der Waals surface area contributed by atoms with Crippen molar-refractivity contribution in [2.75, 3.05) is 33.3 Å². The van der Waals surface area contributed by atoms with Gasteiger partial charge in [-0.05, 0) is 39.3 Å². The van der Waals surface area contributed by atoms with Gasteiger partial charge in [0, 0.05) is 32.0 Å². The van der Waals surface area contributed by atoms with Crippen LogP contribution in [0.4, 0.5) is 0 Å². The fourth-order valence-corrected chi connectivity index (χ4v) is 3.75. The van der Waals surface area contributed by atoms with Gasteiger partial charge in [0.25, 0.3) is 0 Å². The number of hydrogen-bond acceptors (Lipinski definition) is 4. The van der Waals surface area contributed by atoms with Crippen LogP contribution in [-0.2, 0) is 9.47 Å². The van der Waals surface area contributed by atoms with Crippen LogP contribution in [-0.4, -0.2) is 56.1 Å². The summed E-state index contributed by atoms with van der Waals surface area (Å²) >= 11 is 0. The lowest BCUT2D eigenvalue weighted by molar-refractivity contribution is -0.163. The van der Waals surface area contributed by atoms with Gasteiger partial charge in [-0.15, -0.1) is 0 Å². The third kappa shape index (κ3) is 2.57. The molecule has 18 heavy (non-hydrogen) atoms. The van der Waals surface area contributed by atoms with Crippen LogP contribution in [0.25, 0.3) is 0 Å². The predicted octanol–water partition coefficient (Wildman–Crippen LogP) is 1.36. The Morgan fingerprint density at radius 3 is 2.89 bits per heavy atom. The van der Waals surface area contributed by atoms with Crippen LogP contribution < -0.4 is 5.32 Å². The van der Waals surface area contributed by atoms with E-state index >= 15 is 0 Å². The Balaban J connectivity index is 1.51. The zero-order valence-electron chi connectivity index (χ0n) is 11.5. The topological polar surface area (TPSA) is 33.7 Å². The molecule has 1 spiro atoms. The molecule has 0 bridgehead atoms. The highest BCUT2D eigenvalue weighted by Crippen LogP contribution is 2.39. The highest BCUT2D eigenvalue weighted by Gasteiger charge is 2.44. The minimum Gasteiger partial charge on any atom is -0.347 e. The van der Waals surface area contributed by atoms with Crippen molar-refractivity contribution in [3.05, 3.63) is 0 Å². The van der Waals surface area contributed by atoms with E-state index in [9.17, 15) is 0 Å². The first-order valence-electron chi connectivity index (χ1n) is 7.52. The molecule has 104 valence electrons. The van der Waals surface area contributed by atoms with Gasteiger partial charge in [0.2, 0.25) is 0 Å². The third-order valence-corrected chi connectivity index (χ3v) is 4.66. The van der Waals surface area contributed by atoms with E-state index in [4.69, 9.17) is 9.47 Å². The molecule has 0 aromatic carbocycles. The molecule has 1 saturated carbocycles. The van der Waals surface area contributed by atoms with E-state index in [1.807, 2.05) is 7.05 Å². The summed E-state index contributed by atoms with van der Waals surface area (Å²) in [6.45, 7) is 4.16. The second-order valence-electron chi connectivity index (χ2n) is 6.02. The van der Waals surface area contributed by atoms with Gasteiger partial charge in [0.1, 0.15) is 0 Å². The Labute approximate surface area is 110 Å². The van der Waals surface area contributed by atoms with E-state index in [-0.39, 0.29) is 5.79 Å². The largest absolute Gasteiger partial charge is 0.347 e. The van der Waals surface area contributed by atoms with Crippen molar-refractivity contribution in [1.29, 1.82) is 0 Å². The SMILES string of the molecule is CNCC1CCCN1CC1COC2(CCCC2)O1. The molecule has 2 heterocycles. The number of likely N-dealkylation sites (tertiary alicyclic amines) is 1. The van der Waals surface area contributed by atoms with Crippen molar-refractivity contribution in [3.63, 3.8) is 0 Å². The molecular formula is C14H26N2O2. The molecule has 0 radical (unpaired) electrons. The summed E-state index contributed by atoms with van der Waals surface area (Å²) in [5.41, 5.74) is 0. The minimum atomic E-state index is -0.192. The number of rotatable bonds is 4. The van der Waals surface area contributed by atoms with Crippen molar-refractivity contribution in [1.82, 2.24) is 10.2 Å². The van der Waals surface area contributed by atoms with Crippen LogP contribution >= 0.6 is 0 Å². The van der Waals surface area contributed by atoms with E-state index < -0.39 is 0 Å². The van der Waals surface area contributed by atoms with Gasteiger partial charge in [-0.3, -0.25) is 4.90 Å². The molecule has 3 fully saturated rings. The maximum Gasteiger partial charge on any atom is 0.168 e. The van der Waals surface area contributed by atoms with Gasteiger partial charge in [-0.2, -0.15) is 0 Å². The van der Waals surface area contributed by atoms with Crippen LogP contribution in [0.1, 0.15) is 38.5 Å². The molecular weight excluding hydrogens is 228 g/mol. The second kappa shape index (κ2) is 5.45. The Morgan fingerprint density at radius 2 is 2.11 bits per heavy atom. The molecule has 3 rings (SSSR count). The van der Waals surface area contributed by atoms with Gasteiger partial charge in [0.15, 0.2) is 5.79 Å². The first-order valence-corrected chi connectivity index (χ1v) is 7.52. The van der Waals surface area contributed by atoms with Crippen LogP contribution in [0, 0.1) is 0 Å². The second-order valence-corrected chi connectivity index (χ2v) is 6.02. The molecule has 0 aromatic heterocycles. The van der Waals surface area contributed by atoms with Gasteiger partial charge in [0.05, 0.1) is 12.7 Å². The predicted molar refractivity (Wildman–Crippen MR) is 70.5 cm³/mol.